The average molecular weight is 399 g/mol. The van der Waals surface area contributed by atoms with E-state index in [2.05, 4.69) is 5.16 Å². The van der Waals surface area contributed by atoms with E-state index in [1.165, 1.54) is 12.1 Å². The van der Waals surface area contributed by atoms with Gasteiger partial charge in [0.1, 0.15) is 11.6 Å². The lowest BCUT2D eigenvalue weighted by Crippen LogP contribution is -2.51. The normalized spacial score (nSPS) is 21.3. The van der Waals surface area contributed by atoms with Gasteiger partial charge in [0.2, 0.25) is 11.8 Å². The summed E-state index contributed by atoms with van der Waals surface area (Å²) in [5.74, 6) is 0.952. The molecule has 29 heavy (non-hydrogen) atoms. The molecular weight excluding hydrogens is 373 g/mol. The number of halogens is 1. The largest absolute Gasteiger partial charge is 0.361 e. The van der Waals surface area contributed by atoms with Crippen molar-refractivity contribution >= 4 is 11.8 Å². The van der Waals surface area contributed by atoms with E-state index in [1.54, 1.807) is 12.1 Å². The van der Waals surface area contributed by atoms with Crippen LogP contribution in [0.15, 0.2) is 28.8 Å². The van der Waals surface area contributed by atoms with Crippen molar-refractivity contribution in [3.8, 4) is 0 Å². The van der Waals surface area contributed by atoms with E-state index in [-0.39, 0.29) is 29.5 Å². The van der Waals surface area contributed by atoms with Crippen molar-refractivity contribution < 1.29 is 18.5 Å². The summed E-state index contributed by atoms with van der Waals surface area (Å²) in [6.07, 6.45) is 1.87. The van der Waals surface area contributed by atoms with Gasteiger partial charge in [0.15, 0.2) is 0 Å². The Morgan fingerprint density at radius 3 is 2.38 bits per heavy atom. The monoisotopic (exact) mass is 399 g/mol. The van der Waals surface area contributed by atoms with Gasteiger partial charge >= 0.3 is 0 Å². The smallest absolute Gasteiger partial charge is 0.226 e. The van der Waals surface area contributed by atoms with E-state index in [9.17, 15) is 14.0 Å². The van der Waals surface area contributed by atoms with Gasteiger partial charge in [-0.3, -0.25) is 9.59 Å². The fraction of sp³-hybridized carbons (Fsp3) is 0.500. The number of nitrogens with zero attached hydrogens (tertiary/aromatic N) is 3. The molecule has 154 valence electrons. The first-order chi connectivity index (χ1) is 13.9. The summed E-state index contributed by atoms with van der Waals surface area (Å²) in [7, 11) is 0. The fourth-order valence-electron chi connectivity index (χ4n) is 4.21. The number of benzene rings is 1. The SMILES string of the molecule is Cc1noc(C)c1CCC(=O)N1CCN(C(=O)[C@H]2C[C@H]2c2ccc(F)cc2)CC1. The minimum absolute atomic E-state index is 0.0118. The number of rotatable bonds is 5. The number of piperazine rings is 1. The number of aryl methyl sites for hydroxylation is 2. The average Bonchev–Trinajstić information content (AvgIpc) is 3.46. The molecule has 1 saturated heterocycles. The van der Waals surface area contributed by atoms with Crippen LogP contribution >= 0.6 is 0 Å². The van der Waals surface area contributed by atoms with E-state index in [0.29, 0.717) is 39.0 Å². The van der Waals surface area contributed by atoms with E-state index < -0.39 is 0 Å². The number of hydrogen-bond donors (Lipinski definition) is 0. The molecule has 0 spiro atoms. The molecule has 2 aliphatic rings. The van der Waals surface area contributed by atoms with Gasteiger partial charge < -0.3 is 14.3 Å². The van der Waals surface area contributed by atoms with Crippen LogP contribution in [-0.2, 0) is 16.0 Å². The minimum Gasteiger partial charge on any atom is -0.361 e. The number of carbonyl (C=O) groups is 2. The van der Waals surface area contributed by atoms with Gasteiger partial charge in [0.25, 0.3) is 0 Å². The molecule has 1 aromatic heterocycles. The third-order valence-corrected chi connectivity index (χ3v) is 6.12. The van der Waals surface area contributed by atoms with Gasteiger partial charge in [0, 0.05) is 44.1 Å². The van der Waals surface area contributed by atoms with Crippen molar-refractivity contribution in [2.75, 3.05) is 26.2 Å². The minimum atomic E-state index is -0.257. The van der Waals surface area contributed by atoms with Crippen molar-refractivity contribution in [2.24, 2.45) is 5.92 Å². The maximum atomic E-state index is 13.1. The van der Waals surface area contributed by atoms with Crippen LogP contribution in [0.1, 0.15) is 41.3 Å². The number of hydrogen-bond acceptors (Lipinski definition) is 4. The third-order valence-electron chi connectivity index (χ3n) is 6.12. The maximum Gasteiger partial charge on any atom is 0.226 e. The maximum absolute atomic E-state index is 13.1. The lowest BCUT2D eigenvalue weighted by atomic mass is 10.1. The Hall–Kier alpha value is -2.70. The zero-order chi connectivity index (χ0) is 20.5. The molecule has 2 atom stereocenters. The number of carbonyl (C=O) groups excluding carboxylic acids is 2. The first kappa shape index (κ1) is 19.6. The standard InChI is InChI=1S/C22H26FN3O3/c1-14-18(15(2)29-24-14)7-8-21(27)25-9-11-26(12-10-25)22(28)20-13-19(20)16-3-5-17(23)6-4-16/h3-6,19-20H,7-13H2,1-2H3/t19-,20-/m0/s1. The molecule has 0 unspecified atom stereocenters. The molecule has 0 N–H and O–H groups in total. The molecule has 4 rings (SSSR count). The molecule has 7 heteroatoms. The van der Waals surface area contributed by atoms with Crippen LogP contribution in [0, 0.1) is 25.6 Å². The van der Waals surface area contributed by atoms with Crippen LogP contribution < -0.4 is 0 Å². The molecule has 2 heterocycles. The van der Waals surface area contributed by atoms with Crippen molar-refractivity contribution in [3.63, 3.8) is 0 Å². The summed E-state index contributed by atoms with van der Waals surface area (Å²) in [5.41, 5.74) is 2.87. The quantitative estimate of drug-likeness (QED) is 0.776. The highest BCUT2D eigenvalue weighted by atomic mass is 19.1. The highest BCUT2D eigenvalue weighted by molar-refractivity contribution is 5.83. The van der Waals surface area contributed by atoms with Crippen LogP contribution in [0.25, 0.3) is 0 Å². The molecule has 2 amide bonds. The zero-order valence-corrected chi connectivity index (χ0v) is 16.9. The van der Waals surface area contributed by atoms with Gasteiger partial charge in [-0.1, -0.05) is 17.3 Å². The van der Waals surface area contributed by atoms with E-state index in [0.717, 1.165) is 29.0 Å². The lowest BCUT2D eigenvalue weighted by Gasteiger charge is -2.35. The lowest BCUT2D eigenvalue weighted by molar-refractivity contribution is -0.140. The Morgan fingerprint density at radius 2 is 1.76 bits per heavy atom. The second-order valence-corrected chi connectivity index (χ2v) is 8.01. The Balaban J connectivity index is 1.24. The van der Waals surface area contributed by atoms with Crippen molar-refractivity contribution in [3.05, 3.63) is 52.7 Å². The first-order valence-electron chi connectivity index (χ1n) is 10.2. The molecule has 6 nitrogen and oxygen atoms in total. The molecule has 1 aliphatic heterocycles. The molecule has 2 fully saturated rings. The molecule has 1 aromatic carbocycles. The van der Waals surface area contributed by atoms with E-state index in [1.807, 2.05) is 23.6 Å². The predicted molar refractivity (Wildman–Crippen MR) is 105 cm³/mol. The Labute approximate surface area is 169 Å². The second kappa shape index (κ2) is 7.97. The Kier molecular flexibility index (Phi) is 5.39. The third kappa shape index (κ3) is 4.18. The first-order valence-corrected chi connectivity index (χ1v) is 10.2. The Bertz CT molecular complexity index is 881. The highest BCUT2D eigenvalue weighted by Crippen LogP contribution is 2.48. The van der Waals surface area contributed by atoms with E-state index in [4.69, 9.17) is 4.52 Å². The number of amides is 2. The molecule has 0 radical (unpaired) electrons. The summed E-state index contributed by atoms with van der Waals surface area (Å²) in [4.78, 5) is 29.0. The summed E-state index contributed by atoms with van der Waals surface area (Å²) in [6, 6.07) is 6.43. The summed E-state index contributed by atoms with van der Waals surface area (Å²) >= 11 is 0. The van der Waals surface area contributed by atoms with Gasteiger partial charge in [-0.05, 0) is 50.3 Å². The van der Waals surface area contributed by atoms with Gasteiger partial charge in [0.05, 0.1) is 5.69 Å². The van der Waals surface area contributed by atoms with Crippen LogP contribution in [0.4, 0.5) is 4.39 Å². The van der Waals surface area contributed by atoms with Gasteiger partial charge in [-0.25, -0.2) is 4.39 Å². The van der Waals surface area contributed by atoms with Gasteiger partial charge in [-0.2, -0.15) is 0 Å². The number of aromatic nitrogens is 1. The molecule has 2 aromatic rings. The van der Waals surface area contributed by atoms with Crippen molar-refractivity contribution in [1.29, 1.82) is 0 Å². The summed E-state index contributed by atoms with van der Waals surface area (Å²) in [5, 5.41) is 3.93. The fourth-order valence-corrected chi connectivity index (χ4v) is 4.21. The zero-order valence-electron chi connectivity index (χ0n) is 16.9. The van der Waals surface area contributed by atoms with Crippen molar-refractivity contribution in [2.45, 2.75) is 39.0 Å². The summed E-state index contributed by atoms with van der Waals surface area (Å²) in [6.45, 7) is 6.03. The van der Waals surface area contributed by atoms with Gasteiger partial charge in [-0.15, -0.1) is 0 Å². The topological polar surface area (TPSA) is 66.7 Å². The molecular formula is C22H26FN3O3. The highest BCUT2D eigenvalue weighted by Gasteiger charge is 2.46. The molecule has 1 aliphatic carbocycles. The van der Waals surface area contributed by atoms with Crippen LogP contribution in [0.5, 0.6) is 0 Å². The van der Waals surface area contributed by atoms with Crippen LogP contribution in [0.3, 0.4) is 0 Å². The predicted octanol–water partition coefficient (Wildman–Crippen LogP) is 2.84. The Morgan fingerprint density at radius 1 is 1.10 bits per heavy atom. The molecule has 0 bridgehead atoms. The van der Waals surface area contributed by atoms with Crippen molar-refractivity contribution in [1.82, 2.24) is 15.0 Å². The van der Waals surface area contributed by atoms with Crippen LogP contribution in [-0.4, -0.2) is 52.9 Å². The second-order valence-electron chi connectivity index (χ2n) is 8.01. The van der Waals surface area contributed by atoms with Crippen LogP contribution in [0.2, 0.25) is 0 Å². The summed E-state index contributed by atoms with van der Waals surface area (Å²) < 4.78 is 18.2. The molecule has 1 saturated carbocycles. The van der Waals surface area contributed by atoms with E-state index >= 15 is 0 Å².